The Morgan fingerprint density at radius 3 is 2.36 bits per heavy atom. The highest BCUT2D eigenvalue weighted by molar-refractivity contribution is 7.99. The lowest BCUT2D eigenvalue weighted by Gasteiger charge is -2.09. The van der Waals surface area contributed by atoms with E-state index >= 15 is 0 Å². The summed E-state index contributed by atoms with van der Waals surface area (Å²) in [5, 5.41) is 8.68. The second kappa shape index (κ2) is 5.47. The minimum Gasteiger partial charge on any atom is -0.481 e. The van der Waals surface area contributed by atoms with Crippen molar-refractivity contribution in [3.8, 4) is 0 Å². The van der Waals surface area contributed by atoms with Gasteiger partial charge in [0.15, 0.2) is 0 Å². The van der Waals surface area contributed by atoms with Crippen molar-refractivity contribution in [3.05, 3.63) is 0 Å². The van der Waals surface area contributed by atoms with Gasteiger partial charge in [0.25, 0.3) is 0 Å². The number of hydrogen-bond donors (Lipinski definition) is 1. The van der Waals surface area contributed by atoms with Gasteiger partial charge in [0.2, 0.25) is 0 Å². The van der Waals surface area contributed by atoms with Crippen LogP contribution in [0.15, 0.2) is 0 Å². The van der Waals surface area contributed by atoms with Gasteiger partial charge in [0.1, 0.15) is 0 Å². The van der Waals surface area contributed by atoms with E-state index in [9.17, 15) is 4.79 Å². The lowest BCUT2D eigenvalue weighted by atomic mass is 10.3. The fraction of sp³-hybridized carbons (Fsp3) is 0.875. The number of rotatable bonds is 5. The fourth-order valence-electron chi connectivity index (χ4n) is 0.662. The van der Waals surface area contributed by atoms with Gasteiger partial charge in [0, 0.05) is 5.25 Å². The lowest BCUT2D eigenvalue weighted by Crippen LogP contribution is -2.07. The van der Waals surface area contributed by atoms with E-state index in [2.05, 4.69) is 13.8 Å². The Morgan fingerprint density at radius 2 is 2.00 bits per heavy atom. The first-order chi connectivity index (χ1) is 5.02. The van der Waals surface area contributed by atoms with Crippen molar-refractivity contribution in [1.82, 2.24) is 0 Å². The first kappa shape index (κ1) is 10.8. The average Bonchev–Trinajstić information content (AvgIpc) is 1.82. The number of carboxylic acid groups (broad SMARTS) is 1. The van der Waals surface area contributed by atoms with Crippen LogP contribution in [0.5, 0.6) is 0 Å². The summed E-state index contributed by atoms with van der Waals surface area (Å²) in [7, 11) is 0. The zero-order valence-electron chi connectivity index (χ0n) is 7.33. The Hall–Kier alpha value is -0.180. The van der Waals surface area contributed by atoms with Gasteiger partial charge in [0.05, 0.1) is 6.42 Å². The predicted octanol–water partition coefficient (Wildman–Crippen LogP) is 2.24. The van der Waals surface area contributed by atoms with Crippen molar-refractivity contribution in [1.29, 1.82) is 0 Å². The second-order valence-corrected chi connectivity index (χ2v) is 4.61. The third-order valence-corrected chi connectivity index (χ3v) is 2.77. The summed E-state index contributed by atoms with van der Waals surface area (Å²) < 4.78 is 0. The van der Waals surface area contributed by atoms with Crippen LogP contribution in [0.25, 0.3) is 0 Å². The normalized spacial score (nSPS) is 13.5. The number of hydrogen-bond acceptors (Lipinski definition) is 2. The molecule has 1 unspecified atom stereocenters. The maximum Gasteiger partial charge on any atom is 0.304 e. The molecule has 0 saturated heterocycles. The van der Waals surface area contributed by atoms with E-state index in [-0.39, 0.29) is 11.7 Å². The van der Waals surface area contributed by atoms with Crippen molar-refractivity contribution in [2.45, 2.75) is 32.4 Å². The largest absolute Gasteiger partial charge is 0.481 e. The summed E-state index contributed by atoms with van der Waals surface area (Å²) >= 11 is 1.73. The Bertz CT molecular complexity index is 123. The number of carbonyl (C=O) groups is 1. The third kappa shape index (κ3) is 7.72. The van der Waals surface area contributed by atoms with Crippen LogP contribution in [0.4, 0.5) is 0 Å². The molecule has 66 valence electrons. The van der Waals surface area contributed by atoms with Gasteiger partial charge < -0.3 is 5.11 Å². The standard InChI is InChI=1S/C8H16O2S/c1-6(2)5-11-7(3)4-8(9)10/h6-7H,4-5H2,1-3H3,(H,9,10). The average molecular weight is 176 g/mol. The Kier molecular flexibility index (Phi) is 5.38. The Balaban J connectivity index is 3.37. The number of thioether (sulfide) groups is 1. The molecule has 3 heteroatoms. The highest BCUT2D eigenvalue weighted by atomic mass is 32.2. The van der Waals surface area contributed by atoms with Gasteiger partial charge in [-0.2, -0.15) is 11.8 Å². The van der Waals surface area contributed by atoms with Crippen LogP contribution in [-0.2, 0) is 4.79 Å². The summed E-state index contributed by atoms with van der Waals surface area (Å²) in [6, 6.07) is 0. The van der Waals surface area contributed by atoms with Crippen LogP contribution in [0, 0.1) is 5.92 Å². The maximum absolute atomic E-state index is 10.2. The summed E-state index contributed by atoms with van der Waals surface area (Å²) in [6.07, 6.45) is 0.275. The summed E-state index contributed by atoms with van der Waals surface area (Å²) in [5.41, 5.74) is 0. The van der Waals surface area contributed by atoms with E-state index in [1.807, 2.05) is 6.92 Å². The molecule has 0 aliphatic rings. The predicted molar refractivity (Wildman–Crippen MR) is 49.0 cm³/mol. The quantitative estimate of drug-likeness (QED) is 0.698. The molecule has 0 saturated carbocycles. The van der Waals surface area contributed by atoms with Crippen LogP contribution in [0.1, 0.15) is 27.2 Å². The highest BCUT2D eigenvalue weighted by Gasteiger charge is 2.07. The molecule has 0 aliphatic carbocycles. The van der Waals surface area contributed by atoms with Crippen LogP contribution >= 0.6 is 11.8 Å². The molecule has 0 rings (SSSR count). The molecule has 0 aromatic carbocycles. The summed E-state index contributed by atoms with van der Waals surface area (Å²) in [4.78, 5) is 10.2. The molecule has 0 bridgehead atoms. The minimum absolute atomic E-state index is 0.245. The Labute approximate surface area is 72.4 Å². The minimum atomic E-state index is -0.700. The fourth-order valence-corrected chi connectivity index (χ4v) is 1.64. The number of aliphatic carboxylic acids is 1. The van der Waals surface area contributed by atoms with E-state index in [0.29, 0.717) is 5.92 Å². The molecule has 2 nitrogen and oxygen atoms in total. The molecule has 11 heavy (non-hydrogen) atoms. The molecular weight excluding hydrogens is 160 g/mol. The van der Waals surface area contributed by atoms with E-state index in [4.69, 9.17) is 5.11 Å². The molecule has 0 aromatic rings. The van der Waals surface area contributed by atoms with Crippen molar-refractivity contribution in [2.75, 3.05) is 5.75 Å². The van der Waals surface area contributed by atoms with E-state index in [0.717, 1.165) is 5.75 Å². The van der Waals surface area contributed by atoms with Crippen LogP contribution in [0.3, 0.4) is 0 Å². The van der Waals surface area contributed by atoms with Crippen LogP contribution in [0.2, 0.25) is 0 Å². The smallest absolute Gasteiger partial charge is 0.304 e. The van der Waals surface area contributed by atoms with Crippen molar-refractivity contribution < 1.29 is 9.90 Å². The van der Waals surface area contributed by atoms with Gasteiger partial charge >= 0.3 is 5.97 Å². The van der Waals surface area contributed by atoms with E-state index in [1.165, 1.54) is 0 Å². The van der Waals surface area contributed by atoms with Crippen molar-refractivity contribution >= 4 is 17.7 Å². The van der Waals surface area contributed by atoms with Gasteiger partial charge in [-0.25, -0.2) is 0 Å². The molecule has 0 amide bonds. The maximum atomic E-state index is 10.2. The molecule has 1 atom stereocenters. The molecule has 1 N–H and O–H groups in total. The zero-order chi connectivity index (χ0) is 8.85. The molecule has 0 radical (unpaired) electrons. The zero-order valence-corrected chi connectivity index (χ0v) is 8.15. The molecule has 0 spiro atoms. The highest BCUT2D eigenvalue weighted by Crippen LogP contribution is 2.16. The molecular formula is C8H16O2S. The molecule has 0 fully saturated rings. The Morgan fingerprint density at radius 1 is 1.45 bits per heavy atom. The van der Waals surface area contributed by atoms with Crippen LogP contribution < -0.4 is 0 Å². The van der Waals surface area contributed by atoms with Gasteiger partial charge in [-0.05, 0) is 11.7 Å². The van der Waals surface area contributed by atoms with Crippen LogP contribution in [-0.4, -0.2) is 22.1 Å². The first-order valence-electron chi connectivity index (χ1n) is 3.85. The number of carboxylic acids is 1. The van der Waals surface area contributed by atoms with Gasteiger partial charge in [-0.1, -0.05) is 20.8 Å². The molecule has 0 aromatic heterocycles. The first-order valence-corrected chi connectivity index (χ1v) is 4.90. The second-order valence-electron chi connectivity index (χ2n) is 3.14. The van der Waals surface area contributed by atoms with E-state index < -0.39 is 5.97 Å². The monoisotopic (exact) mass is 176 g/mol. The van der Waals surface area contributed by atoms with Gasteiger partial charge in [-0.15, -0.1) is 0 Å². The van der Waals surface area contributed by atoms with E-state index in [1.54, 1.807) is 11.8 Å². The van der Waals surface area contributed by atoms with Gasteiger partial charge in [-0.3, -0.25) is 4.79 Å². The van der Waals surface area contributed by atoms with Crippen molar-refractivity contribution in [3.63, 3.8) is 0 Å². The molecule has 0 aliphatic heterocycles. The third-order valence-electron chi connectivity index (χ3n) is 1.18. The molecule has 0 heterocycles. The van der Waals surface area contributed by atoms with Crippen molar-refractivity contribution in [2.24, 2.45) is 5.92 Å². The summed E-state index contributed by atoms with van der Waals surface area (Å²) in [5.74, 6) is 0.999. The summed E-state index contributed by atoms with van der Waals surface area (Å²) in [6.45, 7) is 6.24. The SMILES string of the molecule is CC(C)CSC(C)CC(=O)O. The lowest BCUT2D eigenvalue weighted by molar-refractivity contribution is -0.136. The topological polar surface area (TPSA) is 37.3 Å².